The molecular weight excluding hydrogens is 657 g/mol. The highest BCUT2D eigenvalue weighted by molar-refractivity contribution is 6.23. The summed E-state index contributed by atoms with van der Waals surface area (Å²) in [4.78, 5) is 17.7. The number of H-pyrrole nitrogens is 2. The van der Waals surface area contributed by atoms with E-state index in [1.165, 1.54) is 55.3 Å². The second-order valence-electron chi connectivity index (χ2n) is 15.9. The van der Waals surface area contributed by atoms with Crippen LogP contribution in [0.3, 0.4) is 0 Å². The molecule has 0 spiro atoms. The van der Waals surface area contributed by atoms with Gasteiger partial charge in [0.25, 0.3) is 0 Å². The zero-order valence-electron chi connectivity index (χ0n) is 32.8. The van der Waals surface area contributed by atoms with Crippen LogP contribution in [0.15, 0.2) is 119 Å². The lowest BCUT2D eigenvalue weighted by Crippen LogP contribution is -2.00. The van der Waals surface area contributed by atoms with Gasteiger partial charge in [-0.15, -0.1) is 0 Å². The van der Waals surface area contributed by atoms with Gasteiger partial charge in [-0.2, -0.15) is 0 Å². The first kappa shape index (κ1) is 35.3. The van der Waals surface area contributed by atoms with E-state index in [4.69, 9.17) is 9.98 Å². The van der Waals surface area contributed by atoms with E-state index in [0.29, 0.717) is 23.7 Å². The molecule has 0 aliphatic carbocycles. The first-order chi connectivity index (χ1) is 26.1. The summed E-state index contributed by atoms with van der Waals surface area (Å²) in [6.07, 6.45) is 3.69. The number of nitrogens with zero attached hydrogens (tertiary/aromatic N) is 2. The Hall–Kier alpha value is -5.74. The van der Waals surface area contributed by atoms with Crippen molar-refractivity contribution in [1.82, 2.24) is 9.97 Å². The van der Waals surface area contributed by atoms with Gasteiger partial charge in [0.1, 0.15) is 0 Å². The van der Waals surface area contributed by atoms with Crippen molar-refractivity contribution in [2.24, 2.45) is 9.98 Å². The summed E-state index contributed by atoms with van der Waals surface area (Å²) in [6, 6.07) is 39.5. The van der Waals surface area contributed by atoms with Gasteiger partial charge in [0.2, 0.25) is 0 Å². The van der Waals surface area contributed by atoms with E-state index in [9.17, 15) is 0 Å². The number of aliphatic imine (C=N–C) groups is 2. The zero-order chi connectivity index (χ0) is 37.7. The van der Waals surface area contributed by atoms with Crippen LogP contribution < -0.4 is 0 Å². The SMILES string of the molecule is CC(C)c1cccc(C(C)C)c1-c1ccc(N=CC=Nc2ccc(-c3c(C(C)C)cccc3C(C)C)c3[nH]c4ccccc4c23)c2c1[nH]c1ccccc12. The average molecular weight is 707 g/mol. The lowest BCUT2D eigenvalue weighted by molar-refractivity contribution is 0.838. The van der Waals surface area contributed by atoms with Gasteiger partial charge in [-0.3, -0.25) is 9.98 Å². The molecular formula is C50H50N4. The van der Waals surface area contributed by atoms with E-state index in [0.717, 1.165) is 44.2 Å². The van der Waals surface area contributed by atoms with Gasteiger partial charge in [-0.25, -0.2) is 0 Å². The quantitative estimate of drug-likeness (QED) is 0.140. The third-order valence-corrected chi connectivity index (χ3v) is 11.1. The second kappa shape index (κ2) is 14.2. The van der Waals surface area contributed by atoms with E-state index in [-0.39, 0.29) is 0 Å². The van der Waals surface area contributed by atoms with Gasteiger partial charge in [-0.1, -0.05) is 140 Å². The topological polar surface area (TPSA) is 56.3 Å². The van der Waals surface area contributed by atoms with Gasteiger partial charge in [0, 0.05) is 56.1 Å². The van der Waals surface area contributed by atoms with Crippen LogP contribution in [0, 0.1) is 0 Å². The summed E-state index contributed by atoms with van der Waals surface area (Å²) in [5.41, 5.74) is 16.9. The molecule has 2 aromatic heterocycles. The highest BCUT2D eigenvalue weighted by Gasteiger charge is 2.22. The van der Waals surface area contributed by atoms with Crippen molar-refractivity contribution in [2.75, 3.05) is 0 Å². The molecule has 0 saturated heterocycles. The predicted molar refractivity (Wildman–Crippen MR) is 235 cm³/mol. The number of fused-ring (bicyclic) bond motifs is 6. The Labute approximate surface area is 319 Å². The second-order valence-corrected chi connectivity index (χ2v) is 15.9. The summed E-state index contributed by atoms with van der Waals surface area (Å²) < 4.78 is 0. The molecule has 0 radical (unpaired) electrons. The van der Waals surface area contributed by atoms with Crippen molar-refractivity contribution >= 4 is 67.4 Å². The van der Waals surface area contributed by atoms with E-state index >= 15 is 0 Å². The molecule has 0 amide bonds. The van der Waals surface area contributed by atoms with Crippen LogP contribution in [-0.2, 0) is 0 Å². The van der Waals surface area contributed by atoms with Crippen molar-refractivity contribution in [3.8, 4) is 22.3 Å². The number of hydrogen-bond donors (Lipinski definition) is 2. The van der Waals surface area contributed by atoms with Crippen LogP contribution in [0.1, 0.15) is 101 Å². The van der Waals surface area contributed by atoms with Crippen LogP contribution >= 0.6 is 0 Å². The third-order valence-electron chi connectivity index (χ3n) is 11.1. The average Bonchev–Trinajstić information content (AvgIpc) is 3.76. The maximum absolute atomic E-state index is 5.08. The van der Waals surface area contributed by atoms with Crippen LogP contribution in [0.4, 0.5) is 11.4 Å². The van der Waals surface area contributed by atoms with Crippen molar-refractivity contribution in [2.45, 2.75) is 79.1 Å². The summed E-state index contributed by atoms with van der Waals surface area (Å²) in [7, 11) is 0. The summed E-state index contributed by atoms with van der Waals surface area (Å²) in [6.45, 7) is 18.3. The maximum atomic E-state index is 5.08. The lowest BCUT2D eigenvalue weighted by atomic mass is 9.84. The lowest BCUT2D eigenvalue weighted by Gasteiger charge is -2.21. The maximum Gasteiger partial charge on any atom is 0.0730 e. The molecule has 0 aliphatic heterocycles. The number of rotatable bonds is 9. The molecule has 0 bridgehead atoms. The minimum Gasteiger partial charge on any atom is -0.354 e. The number of aromatic amines is 2. The monoisotopic (exact) mass is 706 g/mol. The van der Waals surface area contributed by atoms with Gasteiger partial charge >= 0.3 is 0 Å². The highest BCUT2D eigenvalue weighted by Crippen LogP contribution is 2.45. The number of nitrogens with one attached hydrogen (secondary N) is 2. The fourth-order valence-electron chi connectivity index (χ4n) is 8.46. The molecule has 0 unspecified atom stereocenters. The molecule has 2 N–H and O–H groups in total. The number of hydrogen-bond acceptors (Lipinski definition) is 2. The first-order valence-corrected chi connectivity index (χ1v) is 19.5. The first-order valence-electron chi connectivity index (χ1n) is 19.5. The van der Waals surface area contributed by atoms with Crippen molar-refractivity contribution < 1.29 is 0 Å². The molecule has 0 fully saturated rings. The van der Waals surface area contributed by atoms with Crippen molar-refractivity contribution in [1.29, 1.82) is 0 Å². The Bertz CT molecular complexity index is 2490. The van der Waals surface area contributed by atoms with E-state index in [1.54, 1.807) is 0 Å². The molecule has 0 atom stereocenters. The molecule has 0 saturated carbocycles. The fraction of sp³-hybridized carbons (Fsp3) is 0.240. The fourth-order valence-corrected chi connectivity index (χ4v) is 8.46. The van der Waals surface area contributed by atoms with Crippen LogP contribution in [0.25, 0.3) is 65.9 Å². The zero-order valence-corrected chi connectivity index (χ0v) is 32.8. The molecule has 0 aliphatic rings. The summed E-state index contributed by atoms with van der Waals surface area (Å²) in [5, 5.41) is 4.61. The Morgan fingerprint density at radius 1 is 0.407 bits per heavy atom. The Balaban J connectivity index is 1.26. The van der Waals surface area contributed by atoms with Crippen molar-refractivity contribution in [3.63, 3.8) is 0 Å². The molecule has 270 valence electrons. The van der Waals surface area contributed by atoms with E-state index in [1.807, 2.05) is 12.4 Å². The molecule has 8 rings (SSSR count). The smallest absolute Gasteiger partial charge is 0.0730 e. The predicted octanol–water partition coefficient (Wildman–Crippen LogP) is 14.9. The number of para-hydroxylation sites is 2. The minimum absolute atomic E-state index is 0.395. The standard InChI is InChI=1S/C50H50N4/c1-29(2)33-17-13-18-34(30(3)4)45(33)39-23-25-43(47-37-15-9-11-21-41(37)53-49(39)47)51-27-28-52-44-26-24-40(50-48(44)38-16-10-12-22-42(38)54-50)46-35(31(5)6)19-14-20-36(46)32(7)8/h9-32,53-54H,1-8H3. The molecule has 4 heteroatoms. The minimum atomic E-state index is 0.395. The number of aromatic nitrogens is 2. The largest absolute Gasteiger partial charge is 0.354 e. The van der Waals surface area contributed by atoms with E-state index < -0.39 is 0 Å². The summed E-state index contributed by atoms with van der Waals surface area (Å²) in [5.74, 6) is 1.58. The van der Waals surface area contributed by atoms with Gasteiger partial charge in [0.15, 0.2) is 0 Å². The van der Waals surface area contributed by atoms with Crippen LogP contribution in [0.2, 0.25) is 0 Å². The van der Waals surface area contributed by atoms with E-state index in [2.05, 4.69) is 175 Å². The van der Waals surface area contributed by atoms with Crippen LogP contribution in [-0.4, -0.2) is 22.4 Å². The molecule has 8 aromatic rings. The van der Waals surface area contributed by atoms with Crippen molar-refractivity contribution in [3.05, 3.63) is 131 Å². The Morgan fingerprint density at radius 2 is 0.759 bits per heavy atom. The van der Waals surface area contributed by atoms with Crippen LogP contribution in [0.5, 0.6) is 0 Å². The molecule has 54 heavy (non-hydrogen) atoms. The van der Waals surface area contributed by atoms with Gasteiger partial charge in [0.05, 0.1) is 22.4 Å². The van der Waals surface area contributed by atoms with Gasteiger partial charge in [-0.05, 0) is 81.3 Å². The Kier molecular flexibility index (Phi) is 9.31. The number of benzene rings is 6. The van der Waals surface area contributed by atoms with Gasteiger partial charge < -0.3 is 9.97 Å². The summed E-state index contributed by atoms with van der Waals surface area (Å²) >= 11 is 0. The molecule has 6 aromatic carbocycles. The molecule has 4 nitrogen and oxygen atoms in total. The normalized spacial score (nSPS) is 12.6. The highest BCUT2D eigenvalue weighted by atomic mass is 14.8. The Morgan fingerprint density at radius 3 is 1.11 bits per heavy atom. The molecule has 2 heterocycles. The third kappa shape index (κ3) is 6.04.